The number of halogens is 5. The van der Waals surface area contributed by atoms with E-state index in [-0.39, 0.29) is 17.0 Å². The summed E-state index contributed by atoms with van der Waals surface area (Å²) in [7, 11) is 1.57. The molecule has 0 aromatic heterocycles. The Labute approximate surface area is 238 Å². The number of aliphatic imine (C=N–C) groups is 1. The average Bonchev–Trinajstić information content (AvgIpc) is 3.10. The fourth-order valence-corrected chi connectivity index (χ4v) is 4.32. The number of imide groups is 1. The van der Waals surface area contributed by atoms with Crippen molar-refractivity contribution in [3.05, 3.63) is 63.9 Å². The predicted octanol–water partition coefficient (Wildman–Crippen LogP) is 7.20. The number of benzene rings is 2. The summed E-state index contributed by atoms with van der Waals surface area (Å²) in [5.41, 5.74) is -2.51. The number of carbonyl (C=O) groups excluding carboxylic acids is 2. The SMILES string of the molecule is CN1CC(c2ccc(OC(F)(F)F)cc2)(c2ccc(F)c(Br)c2)N=C1N(C(=O)OC(C)(C)C)C(=O)OC(C)(C)C. The molecule has 1 aliphatic rings. The summed E-state index contributed by atoms with van der Waals surface area (Å²) in [5.74, 6) is -1.14. The van der Waals surface area contributed by atoms with Gasteiger partial charge in [-0.3, -0.25) is 0 Å². The van der Waals surface area contributed by atoms with E-state index in [2.05, 4.69) is 20.7 Å². The highest BCUT2D eigenvalue weighted by atomic mass is 79.9. The molecule has 13 heteroatoms. The fraction of sp³-hybridized carbons (Fsp3) is 0.444. The van der Waals surface area contributed by atoms with Gasteiger partial charge in [0.1, 0.15) is 28.3 Å². The summed E-state index contributed by atoms with van der Waals surface area (Å²) < 4.78 is 67.5. The zero-order valence-electron chi connectivity index (χ0n) is 23.0. The van der Waals surface area contributed by atoms with E-state index >= 15 is 0 Å². The first-order chi connectivity index (χ1) is 18.2. The van der Waals surface area contributed by atoms with Gasteiger partial charge in [0.05, 0.1) is 11.0 Å². The molecule has 2 aromatic rings. The third-order valence-corrected chi connectivity index (χ3v) is 6.02. The lowest BCUT2D eigenvalue weighted by Gasteiger charge is -2.30. The Hall–Kier alpha value is -3.35. The zero-order chi connectivity index (χ0) is 30.3. The van der Waals surface area contributed by atoms with Gasteiger partial charge in [0, 0.05) is 7.05 Å². The highest BCUT2D eigenvalue weighted by Gasteiger charge is 2.47. The Morgan fingerprint density at radius 1 is 0.925 bits per heavy atom. The zero-order valence-corrected chi connectivity index (χ0v) is 24.6. The lowest BCUT2D eigenvalue weighted by atomic mass is 9.83. The molecule has 0 fully saturated rings. The van der Waals surface area contributed by atoms with E-state index in [0.717, 1.165) is 12.1 Å². The number of hydrogen-bond acceptors (Lipinski definition) is 7. The van der Waals surface area contributed by atoms with Crippen molar-refractivity contribution in [3.63, 3.8) is 0 Å². The number of likely N-dealkylation sites (N-methyl/N-ethyl adjacent to an activating group) is 1. The molecule has 1 aliphatic heterocycles. The van der Waals surface area contributed by atoms with Crippen molar-refractivity contribution in [2.24, 2.45) is 4.99 Å². The Balaban J connectivity index is 2.22. The van der Waals surface area contributed by atoms with E-state index in [1.54, 1.807) is 48.6 Å². The summed E-state index contributed by atoms with van der Waals surface area (Å²) in [6.07, 6.45) is -6.98. The van der Waals surface area contributed by atoms with E-state index in [1.165, 1.54) is 35.2 Å². The van der Waals surface area contributed by atoms with Gasteiger partial charge in [-0.15, -0.1) is 18.1 Å². The minimum Gasteiger partial charge on any atom is -0.443 e. The predicted molar refractivity (Wildman–Crippen MR) is 142 cm³/mol. The van der Waals surface area contributed by atoms with Gasteiger partial charge in [-0.1, -0.05) is 18.2 Å². The molecule has 2 amide bonds. The van der Waals surface area contributed by atoms with Crippen LogP contribution in [-0.2, 0) is 15.0 Å². The molecule has 0 saturated heterocycles. The normalized spacial score (nSPS) is 17.8. The minimum atomic E-state index is -4.89. The van der Waals surface area contributed by atoms with Crippen LogP contribution in [-0.4, -0.2) is 59.1 Å². The quantitative estimate of drug-likeness (QED) is 0.333. The van der Waals surface area contributed by atoms with Gasteiger partial charge in [0.2, 0.25) is 5.96 Å². The van der Waals surface area contributed by atoms with Crippen LogP contribution in [0.4, 0.5) is 27.2 Å². The van der Waals surface area contributed by atoms with E-state index in [1.807, 2.05) is 0 Å². The maximum absolute atomic E-state index is 14.2. The number of guanidine groups is 1. The van der Waals surface area contributed by atoms with Gasteiger partial charge in [-0.05, 0) is 92.9 Å². The lowest BCUT2D eigenvalue weighted by Crippen LogP contribution is -2.50. The van der Waals surface area contributed by atoms with Crippen LogP contribution in [0.15, 0.2) is 51.9 Å². The van der Waals surface area contributed by atoms with E-state index in [0.29, 0.717) is 16.0 Å². The third-order valence-electron chi connectivity index (χ3n) is 5.41. The number of hydrogen-bond donors (Lipinski definition) is 0. The van der Waals surface area contributed by atoms with Crippen LogP contribution >= 0.6 is 15.9 Å². The summed E-state index contributed by atoms with van der Waals surface area (Å²) in [4.78, 5) is 33.5. The molecule has 0 radical (unpaired) electrons. The molecule has 0 spiro atoms. The molecule has 0 aliphatic carbocycles. The molecular weight excluding hydrogens is 602 g/mol. The maximum Gasteiger partial charge on any atom is 0.573 e. The van der Waals surface area contributed by atoms with Gasteiger partial charge in [-0.25, -0.2) is 19.0 Å². The average molecular weight is 632 g/mol. The van der Waals surface area contributed by atoms with Crippen molar-refractivity contribution >= 4 is 34.1 Å². The summed E-state index contributed by atoms with van der Waals surface area (Å²) >= 11 is 3.17. The summed E-state index contributed by atoms with van der Waals surface area (Å²) in [5, 5.41) is 0. The van der Waals surface area contributed by atoms with Crippen LogP contribution in [0.3, 0.4) is 0 Å². The van der Waals surface area contributed by atoms with Gasteiger partial charge >= 0.3 is 18.5 Å². The summed E-state index contributed by atoms with van der Waals surface area (Å²) in [6, 6.07) is 9.14. The Bertz CT molecular complexity index is 1280. The van der Waals surface area contributed by atoms with Crippen molar-refractivity contribution in [3.8, 4) is 5.75 Å². The Morgan fingerprint density at radius 2 is 1.43 bits per heavy atom. The van der Waals surface area contributed by atoms with E-state index < -0.39 is 46.9 Å². The molecule has 218 valence electrons. The number of rotatable bonds is 3. The molecule has 40 heavy (non-hydrogen) atoms. The fourth-order valence-electron chi connectivity index (χ4n) is 3.94. The van der Waals surface area contributed by atoms with Gasteiger partial charge < -0.3 is 19.1 Å². The largest absolute Gasteiger partial charge is 0.573 e. The molecule has 0 saturated carbocycles. The minimum absolute atomic E-state index is 0.0158. The number of ether oxygens (including phenoxy) is 3. The number of carbonyl (C=O) groups is 2. The van der Waals surface area contributed by atoms with Crippen molar-refractivity contribution in [1.29, 1.82) is 0 Å². The van der Waals surface area contributed by atoms with Crippen LogP contribution in [0.2, 0.25) is 0 Å². The number of alkyl halides is 3. The molecule has 1 unspecified atom stereocenters. The van der Waals surface area contributed by atoms with Gasteiger partial charge in [0.25, 0.3) is 0 Å². The van der Waals surface area contributed by atoms with E-state index in [4.69, 9.17) is 14.5 Å². The van der Waals surface area contributed by atoms with Gasteiger partial charge in [-0.2, -0.15) is 0 Å². The van der Waals surface area contributed by atoms with Crippen LogP contribution in [0.1, 0.15) is 52.7 Å². The molecule has 8 nitrogen and oxygen atoms in total. The van der Waals surface area contributed by atoms with Crippen LogP contribution < -0.4 is 4.74 Å². The number of nitrogens with zero attached hydrogens (tertiary/aromatic N) is 3. The Kier molecular flexibility index (Phi) is 8.50. The highest BCUT2D eigenvalue weighted by molar-refractivity contribution is 9.10. The topological polar surface area (TPSA) is 80.7 Å². The first-order valence-electron chi connectivity index (χ1n) is 12.1. The second kappa shape index (κ2) is 10.9. The molecule has 0 bridgehead atoms. The third kappa shape index (κ3) is 7.43. The van der Waals surface area contributed by atoms with Crippen LogP contribution in [0, 0.1) is 5.82 Å². The van der Waals surface area contributed by atoms with Crippen molar-refractivity contribution in [2.45, 2.75) is 64.6 Å². The molecule has 3 rings (SSSR count). The maximum atomic E-state index is 14.2. The van der Waals surface area contributed by atoms with Crippen LogP contribution in [0.5, 0.6) is 5.75 Å². The van der Waals surface area contributed by atoms with E-state index in [9.17, 15) is 27.2 Å². The first-order valence-corrected chi connectivity index (χ1v) is 12.9. The van der Waals surface area contributed by atoms with Gasteiger partial charge in [0.15, 0.2) is 0 Å². The standard InChI is InChI=1S/C27H30BrF4N3O5/c1-24(2,3)39-22(36)35(23(37)40-25(4,5)6)21-33-26(15-34(21)7,17-10-13-20(29)19(28)14-17)16-8-11-18(12-9-16)38-27(30,31)32/h8-14H,15H2,1-7H3. The number of amides is 2. The molecular formula is C27H30BrF4N3O5. The highest BCUT2D eigenvalue weighted by Crippen LogP contribution is 2.41. The lowest BCUT2D eigenvalue weighted by molar-refractivity contribution is -0.274. The molecule has 2 aromatic carbocycles. The second-order valence-corrected chi connectivity index (χ2v) is 12.0. The van der Waals surface area contributed by atoms with Crippen molar-refractivity contribution in [1.82, 2.24) is 9.80 Å². The van der Waals surface area contributed by atoms with Crippen molar-refractivity contribution < 1.29 is 41.4 Å². The Morgan fingerprint density at radius 3 is 1.88 bits per heavy atom. The molecule has 1 heterocycles. The van der Waals surface area contributed by atoms with Crippen molar-refractivity contribution in [2.75, 3.05) is 13.6 Å². The smallest absolute Gasteiger partial charge is 0.443 e. The first kappa shape index (κ1) is 31.2. The summed E-state index contributed by atoms with van der Waals surface area (Å²) in [6.45, 7) is 9.79. The van der Waals surface area contributed by atoms with Crippen LogP contribution in [0.25, 0.3) is 0 Å². The second-order valence-electron chi connectivity index (χ2n) is 11.1. The monoisotopic (exact) mass is 631 g/mol. The molecule has 0 N–H and O–H groups in total. The molecule has 1 atom stereocenters.